The average molecular weight is 273 g/mol. The summed E-state index contributed by atoms with van der Waals surface area (Å²) in [5.74, 6) is -0.795. The highest BCUT2D eigenvalue weighted by molar-refractivity contribution is 8.01. The largest absolute Gasteiger partial charge is 0.481 e. The van der Waals surface area contributed by atoms with Crippen molar-refractivity contribution in [3.8, 4) is 0 Å². The molecule has 0 aromatic carbocycles. The Morgan fingerprint density at radius 2 is 2.35 bits per heavy atom. The van der Waals surface area contributed by atoms with Gasteiger partial charge >= 0.3 is 5.97 Å². The zero-order valence-electron chi connectivity index (χ0n) is 9.60. The number of thioether (sulfide) groups is 1. The molecule has 1 aromatic rings. The lowest BCUT2D eigenvalue weighted by atomic mass is 9.75. The number of nitrogens with zero attached hydrogens (tertiary/aromatic N) is 2. The van der Waals surface area contributed by atoms with E-state index in [-0.39, 0.29) is 11.3 Å². The van der Waals surface area contributed by atoms with Crippen LogP contribution in [0.3, 0.4) is 0 Å². The maximum atomic E-state index is 10.4. The summed E-state index contributed by atoms with van der Waals surface area (Å²) >= 11 is 2.65. The molecule has 0 unspecified atom stereocenters. The van der Waals surface area contributed by atoms with E-state index in [1.165, 1.54) is 42.4 Å². The van der Waals surface area contributed by atoms with Crippen LogP contribution in [0.4, 0.5) is 5.13 Å². The molecule has 1 fully saturated rings. The van der Waals surface area contributed by atoms with Gasteiger partial charge in [-0.1, -0.05) is 30.0 Å². The monoisotopic (exact) mass is 273 g/mol. The van der Waals surface area contributed by atoms with E-state index < -0.39 is 5.97 Å². The Morgan fingerprint density at radius 1 is 1.59 bits per heavy atom. The normalized spacial score (nSPS) is 17.5. The lowest BCUT2D eigenvalue weighted by Gasteiger charge is -2.41. The number of hydrogen-bond acceptors (Lipinski definition) is 6. The molecule has 1 aliphatic carbocycles. The zero-order chi connectivity index (χ0) is 12.3. The van der Waals surface area contributed by atoms with Crippen molar-refractivity contribution in [3.63, 3.8) is 0 Å². The molecule has 0 saturated heterocycles. The van der Waals surface area contributed by atoms with Crippen molar-refractivity contribution in [3.05, 3.63) is 0 Å². The highest BCUT2D eigenvalue weighted by atomic mass is 32.2. The van der Waals surface area contributed by atoms with Crippen LogP contribution in [0.25, 0.3) is 0 Å². The third-order valence-corrected chi connectivity index (χ3v) is 5.04. The molecule has 5 nitrogen and oxygen atoms in total. The third-order valence-electron chi connectivity index (χ3n) is 3.09. The molecule has 17 heavy (non-hydrogen) atoms. The van der Waals surface area contributed by atoms with E-state index in [1.54, 1.807) is 0 Å². The van der Waals surface area contributed by atoms with Crippen molar-refractivity contribution in [1.82, 2.24) is 10.2 Å². The van der Waals surface area contributed by atoms with Crippen molar-refractivity contribution < 1.29 is 9.90 Å². The number of carbonyl (C=O) groups is 1. The molecule has 0 aliphatic heterocycles. The maximum absolute atomic E-state index is 10.4. The summed E-state index contributed by atoms with van der Waals surface area (Å²) in [6.45, 7) is 2.17. The molecule has 94 valence electrons. The first-order valence-corrected chi connectivity index (χ1v) is 7.40. The van der Waals surface area contributed by atoms with E-state index in [9.17, 15) is 4.79 Å². The number of rotatable bonds is 6. The van der Waals surface area contributed by atoms with Crippen molar-refractivity contribution in [2.24, 2.45) is 0 Å². The molecule has 2 N–H and O–H groups in total. The van der Waals surface area contributed by atoms with E-state index in [0.29, 0.717) is 4.34 Å². The number of aliphatic carboxylic acids is 1. The predicted octanol–water partition coefficient (Wildman–Crippen LogP) is 2.46. The fourth-order valence-corrected chi connectivity index (χ4v) is 3.43. The van der Waals surface area contributed by atoms with Crippen LogP contribution in [-0.2, 0) is 4.79 Å². The Morgan fingerprint density at radius 3 is 2.88 bits per heavy atom. The second kappa shape index (κ2) is 5.22. The van der Waals surface area contributed by atoms with Crippen LogP contribution in [0.15, 0.2) is 4.34 Å². The molecule has 0 bridgehead atoms. The average Bonchev–Trinajstić information content (AvgIpc) is 2.68. The van der Waals surface area contributed by atoms with Gasteiger partial charge in [-0.05, 0) is 25.7 Å². The van der Waals surface area contributed by atoms with Crippen LogP contribution < -0.4 is 5.32 Å². The first-order chi connectivity index (χ1) is 8.13. The molecule has 0 spiro atoms. The number of hydrogen-bond donors (Lipinski definition) is 2. The Hall–Kier alpha value is -0.820. The highest BCUT2D eigenvalue weighted by Crippen LogP contribution is 2.39. The van der Waals surface area contributed by atoms with Crippen molar-refractivity contribution in [1.29, 1.82) is 0 Å². The van der Waals surface area contributed by atoms with Gasteiger partial charge in [0.2, 0.25) is 5.13 Å². The predicted molar refractivity (Wildman–Crippen MR) is 68.8 cm³/mol. The molecule has 7 heteroatoms. The summed E-state index contributed by atoms with van der Waals surface area (Å²) in [6, 6.07) is 0. The highest BCUT2D eigenvalue weighted by Gasteiger charge is 2.35. The molecule has 1 aromatic heterocycles. The van der Waals surface area contributed by atoms with Gasteiger partial charge in [0.25, 0.3) is 0 Å². The summed E-state index contributed by atoms with van der Waals surface area (Å²) in [5, 5.41) is 20.8. The SMILES string of the molecule is CCC1(Nc2nnc(SCC(=O)O)s2)CCC1. The van der Waals surface area contributed by atoms with Gasteiger partial charge in [0.15, 0.2) is 4.34 Å². The maximum Gasteiger partial charge on any atom is 0.313 e. The molecule has 1 saturated carbocycles. The standard InChI is InChI=1S/C10H15N3O2S2/c1-2-10(4-3-5-10)11-8-12-13-9(17-8)16-6-7(14)15/h2-6H2,1H3,(H,11,12)(H,14,15). The van der Waals surface area contributed by atoms with E-state index in [1.807, 2.05) is 0 Å². The van der Waals surface area contributed by atoms with Gasteiger partial charge in [-0.3, -0.25) is 4.79 Å². The van der Waals surface area contributed by atoms with Crippen LogP contribution in [0.2, 0.25) is 0 Å². The van der Waals surface area contributed by atoms with Gasteiger partial charge in [-0.25, -0.2) is 0 Å². The minimum absolute atomic E-state index is 0.0353. The summed E-state index contributed by atoms with van der Waals surface area (Å²) in [5.41, 5.74) is 0.203. The van der Waals surface area contributed by atoms with Crippen LogP contribution in [0.1, 0.15) is 32.6 Å². The van der Waals surface area contributed by atoms with Crippen LogP contribution in [-0.4, -0.2) is 32.6 Å². The molecule has 0 amide bonds. The van der Waals surface area contributed by atoms with Crippen molar-refractivity contribution in [2.75, 3.05) is 11.1 Å². The second-order valence-corrected chi connectivity index (χ2v) is 6.37. The Balaban J connectivity index is 1.91. The Bertz CT molecular complexity index is 399. The van der Waals surface area contributed by atoms with Gasteiger partial charge in [0.1, 0.15) is 0 Å². The Kier molecular flexibility index (Phi) is 3.88. The van der Waals surface area contributed by atoms with Gasteiger partial charge in [0.05, 0.1) is 5.75 Å². The van der Waals surface area contributed by atoms with E-state index >= 15 is 0 Å². The minimum Gasteiger partial charge on any atom is -0.481 e. The fourth-order valence-electron chi connectivity index (χ4n) is 1.84. The minimum atomic E-state index is -0.830. The third kappa shape index (κ3) is 3.10. The summed E-state index contributed by atoms with van der Waals surface area (Å²) < 4.78 is 0.709. The number of carboxylic acid groups (broad SMARTS) is 1. The lowest BCUT2D eigenvalue weighted by molar-refractivity contribution is -0.133. The van der Waals surface area contributed by atoms with Gasteiger partial charge in [-0.15, -0.1) is 10.2 Å². The molecule has 2 rings (SSSR count). The first kappa shape index (κ1) is 12.6. The van der Waals surface area contributed by atoms with Crippen LogP contribution in [0, 0.1) is 0 Å². The van der Waals surface area contributed by atoms with Crippen molar-refractivity contribution >= 4 is 34.2 Å². The van der Waals surface area contributed by atoms with Crippen LogP contribution >= 0.6 is 23.1 Å². The van der Waals surface area contributed by atoms with Crippen molar-refractivity contribution in [2.45, 2.75) is 42.5 Å². The molecule has 1 heterocycles. The van der Waals surface area contributed by atoms with Crippen LogP contribution in [0.5, 0.6) is 0 Å². The lowest BCUT2D eigenvalue weighted by Crippen LogP contribution is -2.44. The van der Waals surface area contributed by atoms with Gasteiger partial charge < -0.3 is 10.4 Å². The number of aromatic nitrogens is 2. The van der Waals surface area contributed by atoms with E-state index in [4.69, 9.17) is 5.11 Å². The quantitative estimate of drug-likeness (QED) is 0.775. The Labute approximate surface area is 108 Å². The molecular weight excluding hydrogens is 258 g/mol. The van der Waals surface area contributed by atoms with E-state index in [0.717, 1.165) is 11.6 Å². The van der Waals surface area contributed by atoms with Gasteiger partial charge in [-0.2, -0.15) is 0 Å². The molecule has 0 radical (unpaired) electrons. The first-order valence-electron chi connectivity index (χ1n) is 5.60. The smallest absolute Gasteiger partial charge is 0.313 e. The molecule has 0 atom stereocenters. The topological polar surface area (TPSA) is 75.1 Å². The molecular formula is C10H15N3O2S2. The second-order valence-electron chi connectivity index (χ2n) is 4.17. The summed E-state index contributed by atoms with van der Waals surface area (Å²) in [6.07, 6.45) is 4.71. The van der Waals surface area contributed by atoms with Gasteiger partial charge in [0, 0.05) is 5.54 Å². The number of anilines is 1. The summed E-state index contributed by atoms with van der Waals surface area (Å²) in [4.78, 5) is 10.4. The van der Waals surface area contributed by atoms with E-state index in [2.05, 4.69) is 22.4 Å². The molecule has 1 aliphatic rings. The summed E-state index contributed by atoms with van der Waals surface area (Å²) in [7, 11) is 0. The number of nitrogens with one attached hydrogen (secondary N) is 1. The zero-order valence-corrected chi connectivity index (χ0v) is 11.2. The fraction of sp³-hybridized carbons (Fsp3) is 0.700. The number of carboxylic acids is 1.